The first kappa shape index (κ1) is 24.4. The van der Waals surface area contributed by atoms with E-state index in [0.717, 1.165) is 27.2 Å². The van der Waals surface area contributed by atoms with Crippen LogP contribution in [0.4, 0.5) is 9.52 Å². The molecule has 2 aromatic carbocycles. The number of ether oxygens (including phenoxy) is 1. The second-order valence-electron chi connectivity index (χ2n) is 6.85. The van der Waals surface area contributed by atoms with Crippen molar-refractivity contribution < 1.29 is 13.9 Å². The van der Waals surface area contributed by atoms with Gasteiger partial charge in [-0.1, -0.05) is 17.4 Å². The molecule has 0 radical (unpaired) electrons. The van der Waals surface area contributed by atoms with Crippen molar-refractivity contribution in [3.05, 3.63) is 47.8 Å². The SMILES string of the molecule is COc1ccc(C)c2sc(N(CCN(C)C)C(=O)CSc3ccc(F)cc3)nc12.Cl. The van der Waals surface area contributed by atoms with E-state index in [1.807, 2.05) is 38.1 Å². The quantitative estimate of drug-likeness (QED) is 0.441. The Morgan fingerprint density at radius 2 is 1.87 bits per heavy atom. The molecule has 5 nitrogen and oxygen atoms in total. The second-order valence-corrected chi connectivity index (χ2v) is 8.88. The average Bonchev–Trinajstić information content (AvgIpc) is 3.14. The molecule has 0 unspecified atom stereocenters. The molecule has 0 saturated heterocycles. The zero-order valence-corrected chi connectivity index (χ0v) is 19.8. The molecular formula is C21H25ClFN3O2S2. The van der Waals surface area contributed by atoms with Crippen LogP contribution < -0.4 is 9.64 Å². The van der Waals surface area contributed by atoms with E-state index >= 15 is 0 Å². The summed E-state index contributed by atoms with van der Waals surface area (Å²) in [4.78, 5) is 22.4. The highest BCUT2D eigenvalue weighted by atomic mass is 35.5. The van der Waals surface area contributed by atoms with Crippen LogP contribution in [0.2, 0.25) is 0 Å². The van der Waals surface area contributed by atoms with Gasteiger partial charge in [-0.15, -0.1) is 24.2 Å². The van der Waals surface area contributed by atoms with Gasteiger partial charge in [-0.3, -0.25) is 9.69 Å². The van der Waals surface area contributed by atoms with E-state index in [1.54, 1.807) is 24.1 Å². The minimum Gasteiger partial charge on any atom is -0.494 e. The summed E-state index contributed by atoms with van der Waals surface area (Å²) in [5, 5.41) is 0.666. The number of aryl methyl sites for hydroxylation is 1. The number of aromatic nitrogens is 1. The molecule has 0 bridgehead atoms. The predicted molar refractivity (Wildman–Crippen MR) is 126 cm³/mol. The first-order valence-corrected chi connectivity index (χ1v) is 11.0. The highest BCUT2D eigenvalue weighted by Gasteiger charge is 2.22. The summed E-state index contributed by atoms with van der Waals surface area (Å²) in [5.41, 5.74) is 1.88. The number of hydrogen-bond donors (Lipinski definition) is 0. The monoisotopic (exact) mass is 469 g/mol. The van der Waals surface area contributed by atoms with Gasteiger partial charge in [-0.2, -0.15) is 0 Å². The van der Waals surface area contributed by atoms with Crippen LogP contribution in [0.25, 0.3) is 10.2 Å². The van der Waals surface area contributed by atoms with Gasteiger partial charge in [0.05, 0.1) is 17.6 Å². The lowest BCUT2D eigenvalue weighted by Crippen LogP contribution is -2.37. The first-order chi connectivity index (χ1) is 13.9. The molecule has 3 rings (SSSR count). The van der Waals surface area contributed by atoms with Crippen molar-refractivity contribution in [2.75, 3.05) is 44.9 Å². The van der Waals surface area contributed by atoms with E-state index in [9.17, 15) is 9.18 Å². The Labute approximate surface area is 190 Å². The van der Waals surface area contributed by atoms with Crippen LogP contribution in [0.15, 0.2) is 41.3 Å². The fourth-order valence-electron chi connectivity index (χ4n) is 2.76. The number of thioether (sulfide) groups is 1. The Kier molecular flexibility index (Phi) is 8.91. The van der Waals surface area contributed by atoms with E-state index in [1.165, 1.54) is 35.2 Å². The van der Waals surface area contributed by atoms with Crippen molar-refractivity contribution in [2.24, 2.45) is 0 Å². The van der Waals surface area contributed by atoms with Crippen LogP contribution in [0.1, 0.15) is 5.56 Å². The van der Waals surface area contributed by atoms with Crippen molar-refractivity contribution in [1.29, 1.82) is 0 Å². The lowest BCUT2D eigenvalue weighted by atomic mass is 10.2. The number of nitrogens with zero attached hydrogens (tertiary/aromatic N) is 3. The largest absolute Gasteiger partial charge is 0.494 e. The van der Waals surface area contributed by atoms with Crippen LogP contribution in [-0.4, -0.2) is 55.8 Å². The van der Waals surface area contributed by atoms with Gasteiger partial charge in [0.15, 0.2) is 5.13 Å². The number of carbonyl (C=O) groups is 1. The number of fused-ring (bicyclic) bond motifs is 1. The number of carbonyl (C=O) groups excluding carboxylic acids is 1. The minimum absolute atomic E-state index is 0. The third kappa shape index (κ3) is 5.85. The lowest BCUT2D eigenvalue weighted by molar-refractivity contribution is -0.116. The van der Waals surface area contributed by atoms with E-state index in [4.69, 9.17) is 9.72 Å². The van der Waals surface area contributed by atoms with Crippen LogP contribution in [0.5, 0.6) is 5.75 Å². The Bertz CT molecular complexity index is 996. The second kappa shape index (κ2) is 10.9. The Morgan fingerprint density at radius 1 is 1.17 bits per heavy atom. The molecule has 0 atom stereocenters. The molecule has 1 amide bonds. The Balaban J connectivity index is 0.00000320. The molecule has 0 saturated carbocycles. The highest BCUT2D eigenvalue weighted by molar-refractivity contribution is 8.00. The van der Waals surface area contributed by atoms with Gasteiger partial charge in [-0.05, 0) is 56.9 Å². The highest BCUT2D eigenvalue weighted by Crippen LogP contribution is 2.36. The van der Waals surface area contributed by atoms with Gasteiger partial charge in [0.1, 0.15) is 17.1 Å². The summed E-state index contributed by atoms with van der Waals surface area (Å²) in [6.07, 6.45) is 0. The molecule has 1 aromatic heterocycles. The summed E-state index contributed by atoms with van der Waals surface area (Å²) in [7, 11) is 5.57. The zero-order valence-electron chi connectivity index (χ0n) is 17.3. The molecule has 0 aliphatic heterocycles. The molecular weight excluding hydrogens is 445 g/mol. The zero-order chi connectivity index (χ0) is 21.0. The van der Waals surface area contributed by atoms with Gasteiger partial charge in [-0.25, -0.2) is 9.37 Å². The number of hydrogen-bond acceptors (Lipinski definition) is 6. The molecule has 1 heterocycles. The van der Waals surface area contributed by atoms with E-state index in [0.29, 0.717) is 17.4 Å². The van der Waals surface area contributed by atoms with E-state index in [-0.39, 0.29) is 29.9 Å². The third-order valence-electron chi connectivity index (χ3n) is 4.39. The number of rotatable bonds is 8. The summed E-state index contributed by atoms with van der Waals surface area (Å²) in [6.45, 7) is 3.29. The summed E-state index contributed by atoms with van der Waals surface area (Å²) >= 11 is 2.89. The molecule has 0 fully saturated rings. The molecule has 9 heteroatoms. The number of thiazole rings is 1. The molecule has 3 aromatic rings. The minimum atomic E-state index is -0.285. The van der Waals surface area contributed by atoms with Crippen molar-refractivity contribution in [3.8, 4) is 5.75 Å². The molecule has 162 valence electrons. The molecule has 0 N–H and O–H groups in total. The standard InChI is InChI=1S/C21H24FN3O2S2.ClH/c1-14-5-10-17(27-4)19-20(14)29-21(23-19)25(12-11-24(2)3)18(26)13-28-16-8-6-15(22)7-9-16;/h5-10H,11-13H2,1-4H3;1H. The van der Waals surface area contributed by atoms with Gasteiger partial charge in [0.2, 0.25) is 5.91 Å². The summed E-state index contributed by atoms with van der Waals surface area (Å²) in [6, 6.07) is 10.1. The summed E-state index contributed by atoms with van der Waals surface area (Å²) < 4.78 is 19.6. The van der Waals surface area contributed by atoms with E-state index in [2.05, 4.69) is 0 Å². The maximum Gasteiger partial charge on any atom is 0.239 e. The number of amides is 1. The van der Waals surface area contributed by atoms with Gasteiger partial charge >= 0.3 is 0 Å². The average molecular weight is 470 g/mol. The third-order valence-corrected chi connectivity index (χ3v) is 6.60. The predicted octanol–water partition coefficient (Wildman–Crippen LogP) is 4.86. The summed E-state index contributed by atoms with van der Waals surface area (Å²) in [5.74, 6) is 0.642. The number of halogens is 2. The van der Waals surface area contributed by atoms with Crippen molar-refractivity contribution in [1.82, 2.24) is 9.88 Å². The molecule has 30 heavy (non-hydrogen) atoms. The number of benzene rings is 2. The van der Waals surface area contributed by atoms with Crippen LogP contribution in [0, 0.1) is 12.7 Å². The fourth-order valence-corrected chi connectivity index (χ4v) is 4.63. The maximum absolute atomic E-state index is 13.1. The smallest absolute Gasteiger partial charge is 0.239 e. The Morgan fingerprint density at radius 3 is 2.50 bits per heavy atom. The van der Waals surface area contributed by atoms with Crippen LogP contribution in [0.3, 0.4) is 0 Å². The fraction of sp³-hybridized carbons (Fsp3) is 0.333. The topological polar surface area (TPSA) is 45.7 Å². The van der Waals surface area contributed by atoms with Crippen molar-refractivity contribution in [2.45, 2.75) is 11.8 Å². The molecule has 0 aliphatic rings. The number of anilines is 1. The first-order valence-electron chi connectivity index (χ1n) is 9.16. The number of methoxy groups -OCH3 is 1. The van der Waals surface area contributed by atoms with Gasteiger partial charge < -0.3 is 9.64 Å². The Hall–Kier alpha value is -1.87. The molecule has 0 aliphatic carbocycles. The van der Waals surface area contributed by atoms with Crippen LogP contribution >= 0.6 is 35.5 Å². The normalized spacial score (nSPS) is 10.9. The van der Waals surface area contributed by atoms with Gasteiger partial charge in [0, 0.05) is 18.0 Å². The van der Waals surface area contributed by atoms with E-state index < -0.39 is 0 Å². The van der Waals surface area contributed by atoms with Crippen LogP contribution in [-0.2, 0) is 4.79 Å². The van der Waals surface area contributed by atoms with Crippen molar-refractivity contribution in [3.63, 3.8) is 0 Å². The molecule has 0 spiro atoms. The maximum atomic E-state index is 13.1. The van der Waals surface area contributed by atoms with Gasteiger partial charge in [0.25, 0.3) is 0 Å². The number of likely N-dealkylation sites (N-methyl/N-ethyl adjacent to an activating group) is 1. The lowest BCUT2D eigenvalue weighted by Gasteiger charge is -2.21. The van der Waals surface area contributed by atoms with Crippen molar-refractivity contribution >= 4 is 56.8 Å².